The van der Waals surface area contributed by atoms with E-state index in [9.17, 15) is 5.11 Å². The number of aromatic nitrogens is 2. The molecule has 1 saturated heterocycles. The number of hydrogen-bond donors (Lipinski definition) is 2. The summed E-state index contributed by atoms with van der Waals surface area (Å²) in [4.78, 5) is 2.49. The van der Waals surface area contributed by atoms with Crippen LogP contribution in [-0.2, 0) is 6.54 Å². The van der Waals surface area contributed by atoms with Gasteiger partial charge in [-0.1, -0.05) is 43.2 Å². The molecule has 0 amide bonds. The number of hydrogen-bond acceptors (Lipinski definition) is 3. The first-order valence-electron chi connectivity index (χ1n) is 8.77. The van der Waals surface area contributed by atoms with Crippen LogP contribution in [0.15, 0.2) is 36.5 Å². The lowest BCUT2D eigenvalue weighted by Gasteiger charge is -2.47. The molecular formula is C19H25N3O. The van der Waals surface area contributed by atoms with Gasteiger partial charge in [-0.2, -0.15) is 5.10 Å². The average Bonchev–Trinajstić information content (AvgIpc) is 3.04. The highest BCUT2D eigenvalue weighted by Crippen LogP contribution is 2.40. The predicted octanol–water partition coefficient (Wildman–Crippen LogP) is 3.20. The van der Waals surface area contributed by atoms with E-state index in [0.717, 1.165) is 38.2 Å². The van der Waals surface area contributed by atoms with Gasteiger partial charge in [0.05, 0.1) is 17.5 Å². The number of likely N-dealkylation sites (tertiary alicyclic amines) is 1. The van der Waals surface area contributed by atoms with Crippen molar-refractivity contribution in [3.63, 3.8) is 0 Å². The highest BCUT2D eigenvalue weighted by atomic mass is 16.3. The topological polar surface area (TPSA) is 52.1 Å². The smallest absolute Gasteiger partial charge is 0.0700 e. The molecule has 2 aliphatic rings. The molecule has 1 aliphatic heterocycles. The zero-order valence-electron chi connectivity index (χ0n) is 13.5. The Morgan fingerprint density at radius 2 is 2.09 bits per heavy atom. The lowest BCUT2D eigenvalue weighted by Crippen LogP contribution is -2.52. The maximum Gasteiger partial charge on any atom is 0.0700 e. The first-order chi connectivity index (χ1) is 11.2. The summed E-state index contributed by atoms with van der Waals surface area (Å²) in [5.41, 5.74) is 3.16. The number of aliphatic hydroxyl groups is 1. The summed E-state index contributed by atoms with van der Waals surface area (Å²) >= 11 is 0. The van der Waals surface area contributed by atoms with Gasteiger partial charge < -0.3 is 5.11 Å². The van der Waals surface area contributed by atoms with Crippen molar-refractivity contribution < 1.29 is 5.11 Å². The fourth-order valence-corrected chi connectivity index (χ4v) is 4.31. The van der Waals surface area contributed by atoms with Crippen LogP contribution in [0.1, 0.15) is 37.7 Å². The highest BCUT2D eigenvalue weighted by molar-refractivity contribution is 5.62. The van der Waals surface area contributed by atoms with E-state index in [0.29, 0.717) is 5.92 Å². The van der Waals surface area contributed by atoms with Gasteiger partial charge in [-0.3, -0.25) is 10.00 Å². The minimum Gasteiger partial charge on any atom is -0.390 e. The van der Waals surface area contributed by atoms with Crippen molar-refractivity contribution in [2.75, 3.05) is 13.1 Å². The van der Waals surface area contributed by atoms with Crippen molar-refractivity contribution in [2.45, 2.75) is 44.2 Å². The minimum atomic E-state index is -0.395. The third-order valence-electron chi connectivity index (χ3n) is 5.69. The molecule has 23 heavy (non-hydrogen) atoms. The van der Waals surface area contributed by atoms with Crippen molar-refractivity contribution in [3.8, 4) is 11.3 Å². The first-order valence-corrected chi connectivity index (χ1v) is 8.77. The van der Waals surface area contributed by atoms with Gasteiger partial charge in [0.15, 0.2) is 0 Å². The Morgan fingerprint density at radius 3 is 2.96 bits per heavy atom. The van der Waals surface area contributed by atoms with E-state index in [1.807, 2.05) is 12.3 Å². The van der Waals surface area contributed by atoms with Crippen LogP contribution >= 0.6 is 0 Å². The molecule has 4 rings (SSSR count). The maximum absolute atomic E-state index is 10.8. The fourth-order valence-electron chi connectivity index (χ4n) is 4.31. The lowest BCUT2D eigenvalue weighted by molar-refractivity contribution is -0.0967. The SMILES string of the molecule is OC12CCCCC1CN(Cc1cn[nH]c1-c1ccccc1)CC2. The number of H-pyrrole nitrogens is 1. The Kier molecular flexibility index (Phi) is 3.95. The zero-order valence-corrected chi connectivity index (χ0v) is 13.5. The van der Waals surface area contributed by atoms with Crippen molar-refractivity contribution >= 4 is 0 Å². The van der Waals surface area contributed by atoms with Crippen LogP contribution in [0.5, 0.6) is 0 Å². The Balaban J connectivity index is 1.49. The molecule has 1 saturated carbocycles. The summed E-state index contributed by atoms with van der Waals surface area (Å²) in [7, 11) is 0. The number of rotatable bonds is 3. The van der Waals surface area contributed by atoms with E-state index in [2.05, 4.69) is 39.4 Å². The summed E-state index contributed by atoms with van der Waals surface area (Å²) in [5.74, 6) is 0.442. The number of nitrogens with zero attached hydrogens (tertiary/aromatic N) is 2. The molecule has 2 atom stereocenters. The Bertz CT molecular complexity index is 654. The van der Waals surface area contributed by atoms with Crippen molar-refractivity contribution in [2.24, 2.45) is 5.92 Å². The Labute approximate surface area is 137 Å². The van der Waals surface area contributed by atoms with E-state index < -0.39 is 5.60 Å². The monoisotopic (exact) mass is 311 g/mol. The predicted molar refractivity (Wildman–Crippen MR) is 90.8 cm³/mol. The molecule has 1 aromatic heterocycles. The molecular weight excluding hydrogens is 286 g/mol. The van der Waals surface area contributed by atoms with Crippen molar-refractivity contribution in [3.05, 3.63) is 42.1 Å². The van der Waals surface area contributed by atoms with Gasteiger partial charge in [0.2, 0.25) is 0 Å². The number of aromatic amines is 1. The molecule has 0 bridgehead atoms. The molecule has 0 spiro atoms. The number of nitrogens with one attached hydrogen (secondary N) is 1. The zero-order chi connectivity index (χ0) is 15.7. The van der Waals surface area contributed by atoms with Gasteiger partial charge in [-0.15, -0.1) is 0 Å². The van der Waals surface area contributed by atoms with Gasteiger partial charge in [-0.25, -0.2) is 0 Å². The first kappa shape index (κ1) is 14.9. The fraction of sp³-hybridized carbons (Fsp3) is 0.526. The average molecular weight is 311 g/mol. The second-order valence-electron chi connectivity index (χ2n) is 7.17. The molecule has 1 aliphatic carbocycles. The van der Waals surface area contributed by atoms with E-state index in [1.54, 1.807) is 0 Å². The van der Waals surface area contributed by atoms with Crippen molar-refractivity contribution in [1.82, 2.24) is 15.1 Å². The molecule has 4 heteroatoms. The Morgan fingerprint density at radius 1 is 1.22 bits per heavy atom. The molecule has 122 valence electrons. The Hall–Kier alpha value is -1.65. The van der Waals surface area contributed by atoms with Gasteiger partial charge in [0.25, 0.3) is 0 Å². The standard InChI is InChI=1S/C19H25N3O/c23-19-9-5-4-8-17(19)14-22(11-10-19)13-16-12-20-21-18(16)15-6-2-1-3-7-15/h1-3,6-7,12,17,23H,4-5,8-11,13-14H2,(H,20,21). The molecule has 1 aromatic carbocycles. The number of benzene rings is 1. The summed E-state index contributed by atoms with van der Waals surface area (Å²) in [6.45, 7) is 2.90. The normalized spacial score (nSPS) is 28.5. The number of piperidine rings is 1. The lowest BCUT2D eigenvalue weighted by atomic mass is 9.71. The van der Waals surface area contributed by atoms with Crippen LogP contribution in [0, 0.1) is 5.92 Å². The molecule has 2 heterocycles. The molecule has 2 unspecified atom stereocenters. The maximum atomic E-state index is 10.8. The third kappa shape index (κ3) is 2.93. The summed E-state index contributed by atoms with van der Waals surface area (Å²) < 4.78 is 0. The van der Waals surface area contributed by atoms with E-state index in [4.69, 9.17) is 0 Å². The van der Waals surface area contributed by atoms with Gasteiger partial charge in [0.1, 0.15) is 0 Å². The minimum absolute atomic E-state index is 0.395. The molecule has 0 radical (unpaired) electrons. The van der Waals surface area contributed by atoms with Crippen LogP contribution < -0.4 is 0 Å². The quantitative estimate of drug-likeness (QED) is 0.915. The highest BCUT2D eigenvalue weighted by Gasteiger charge is 2.42. The molecule has 2 fully saturated rings. The van der Waals surface area contributed by atoms with E-state index >= 15 is 0 Å². The van der Waals surface area contributed by atoms with E-state index in [-0.39, 0.29) is 0 Å². The van der Waals surface area contributed by atoms with Crippen molar-refractivity contribution in [1.29, 1.82) is 0 Å². The van der Waals surface area contributed by atoms with Gasteiger partial charge in [-0.05, 0) is 24.8 Å². The van der Waals surface area contributed by atoms with Crippen LogP contribution in [-0.4, -0.2) is 38.9 Å². The van der Waals surface area contributed by atoms with Crippen LogP contribution in [0.3, 0.4) is 0 Å². The summed E-state index contributed by atoms with van der Waals surface area (Å²) in [6.07, 6.45) is 7.48. The molecule has 2 aromatic rings. The second-order valence-corrected chi connectivity index (χ2v) is 7.17. The number of fused-ring (bicyclic) bond motifs is 1. The third-order valence-corrected chi connectivity index (χ3v) is 5.69. The van der Waals surface area contributed by atoms with Gasteiger partial charge in [0, 0.05) is 31.1 Å². The largest absolute Gasteiger partial charge is 0.390 e. The summed E-state index contributed by atoms with van der Waals surface area (Å²) in [5, 5.41) is 18.2. The van der Waals surface area contributed by atoms with Crippen LogP contribution in [0.2, 0.25) is 0 Å². The molecule has 4 nitrogen and oxygen atoms in total. The van der Waals surface area contributed by atoms with E-state index in [1.165, 1.54) is 30.4 Å². The molecule has 2 N–H and O–H groups in total. The van der Waals surface area contributed by atoms with Crippen LogP contribution in [0.25, 0.3) is 11.3 Å². The second kappa shape index (κ2) is 6.10. The summed E-state index contributed by atoms with van der Waals surface area (Å²) in [6, 6.07) is 10.4. The van der Waals surface area contributed by atoms with Gasteiger partial charge >= 0.3 is 0 Å². The van der Waals surface area contributed by atoms with Crippen LogP contribution in [0.4, 0.5) is 0 Å².